The maximum Gasteiger partial charge on any atom is 0.0350 e. The molecule has 148 valence electrons. The van der Waals surface area contributed by atoms with Gasteiger partial charge in [0.05, 0.1) is 0 Å². The summed E-state index contributed by atoms with van der Waals surface area (Å²) in [5.74, 6) is 0. The summed E-state index contributed by atoms with van der Waals surface area (Å²) in [7, 11) is -1.28. The first-order valence-corrected chi connectivity index (χ1v) is 12.9. The summed E-state index contributed by atoms with van der Waals surface area (Å²) in [6.07, 6.45) is 20.0. The molecule has 2 N–H and O–H groups in total. The van der Waals surface area contributed by atoms with Gasteiger partial charge in [-0.25, -0.2) is 0 Å². The highest BCUT2D eigenvalue weighted by atomic mass is 31.2. The number of benzene rings is 1. The van der Waals surface area contributed by atoms with Crippen molar-refractivity contribution in [2.75, 3.05) is 38.1 Å². The average Bonchev–Trinajstić information content (AvgIpc) is 3.59. The second-order valence-corrected chi connectivity index (χ2v) is 12.1. The number of rotatable bonds is 7. The van der Waals surface area contributed by atoms with Crippen LogP contribution in [-0.2, 0) is 12.8 Å². The minimum absolute atomic E-state index is 0.926. The fraction of sp³-hybridized carbons (Fsp3) is 0.458. The lowest BCUT2D eigenvalue weighted by molar-refractivity contribution is 0.780. The largest absolute Gasteiger partial charge is 0.398 e. The smallest absolute Gasteiger partial charge is 0.0350 e. The molecule has 0 atom stereocenters. The molecule has 4 heteroatoms. The Hall–Kier alpha value is -1.54. The van der Waals surface area contributed by atoms with E-state index in [1.54, 1.807) is 11.1 Å². The molecule has 0 amide bonds. The molecular weight excluding hydrogens is 361 g/mol. The third-order valence-electron chi connectivity index (χ3n) is 6.70. The number of aryl methyl sites for hydroxylation is 1. The molecule has 2 saturated heterocycles. The number of nitrogen functional groups attached to an aromatic ring is 1. The van der Waals surface area contributed by atoms with Gasteiger partial charge < -0.3 is 5.73 Å². The van der Waals surface area contributed by atoms with E-state index in [2.05, 4.69) is 45.8 Å². The lowest BCUT2D eigenvalue weighted by Crippen LogP contribution is -2.10. The lowest BCUT2D eigenvalue weighted by atomic mass is 9.98. The van der Waals surface area contributed by atoms with Gasteiger partial charge in [0.1, 0.15) is 0 Å². The van der Waals surface area contributed by atoms with Crippen LogP contribution in [0, 0.1) is 0 Å². The van der Waals surface area contributed by atoms with Gasteiger partial charge in [0, 0.05) is 39.1 Å². The van der Waals surface area contributed by atoms with Crippen molar-refractivity contribution >= 4 is 19.2 Å². The van der Waals surface area contributed by atoms with Gasteiger partial charge in [-0.3, -0.25) is 9.34 Å². The maximum atomic E-state index is 6.37. The second kappa shape index (κ2) is 7.37. The van der Waals surface area contributed by atoms with Crippen molar-refractivity contribution in [3.63, 3.8) is 0 Å². The van der Waals surface area contributed by atoms with Crippen molar-refractivity contribution in [3.05, 3.63) is 64.3 Å². The van der Waals surface area contributed by atoms with Crippen LogP contribution in [0.25, 0.3) is 0 Å². The molecule has 1 aromatic carbocycles. The molecule has 3 nitrogen and oxygen atoms in total. The molecule has 0 bridgehead atoms. The Balaban J connectivity index is 1.31. The van der Waals surface area contributed by atoms with Gasteiger partial charge in [0.2, 0.25) is 0 Å². The van der Waals surface area contributed by atoms with Crippen LogP contribution in [0.4, 0.5) is 5.69 Å². The van der Waals surface area contributed by atoms with E-state index < -0.39 is 7.19 Å². The molecule has 2 aliphatic heterocycles. The van der Waals surface area contributed by atoms with Crippen LogP contribution in [-0.4, -0.2) is 48.0 Å². The Labute approximate surface area is 169 Å². The maximum absolute atomic E-state index is 6.37. The van der Waals surface area contributed by atoms with E-state index in [1.807, 2.05) is 0 Å². The van der Waals surface area contributed by atoms with Crippen molar-refractivity contribution in [1.82, 2.24) is 9.34 Å². The third-order valence-corrected chi connectivity index (χ3v) is 10.5. The summed E-state index contributed by atoms with van der Waals surface area (Å²) >= 11 is 0. The van der Waals surface area contributed by atoms with Crippen LogP contribution >= 0.6 is 7.19 Å². The SMILES string of the molecule is C=P(CCc1ccc(N)c(CC2=CC3=C(CC=C2)CCC3)c1)(N1CC1)N1CC1. The quantitative estimate of drug-likeness (QED) is 0.416. The Morgan fingerprint density at radius 2 is 1.86 bits per heavy atom. The van der Waals surface area contributed by atoms with Crippen LogP contribution < -0.4 is 5.73 Å². The fourth-order valence-electron chi connectivity index (χ4n) is 4.76. The molecule has 5 rings (SSSR count). The zero-order valence-electron chi connectivity index (χ0n) is 16.9. The van der Waals surface area contributed by atoms with Gasteiger partial charge in [-0.05, 0) is 73.0 Å². The average molecular weight is 394 g/mol. The zero-order chi connectivity index (χ0) is 19.1. The molecule has 2 fully saturated rings. The predicted octanol–water partition coefficient (Wildman–Crippen LogP) is 4.63. The highest BCUT2D eigenvalue weighted by Crippen LogP contribution is 2.59. The lowest BCUT2D eigenvalue weighted by Gasteiger charge is -2.27. The number of allylic oxidation sites excluding steroid dienone is 6. The third kappa shape index (κ3) is 3.81. The van der Waals surface area contributed by atoms with Crippen LogP contribution in [0.15, 0.2) is 53.1 Å². The number of nitrogens with two attached hydrogens (primary N) is 1. The number of hydrogen-bond donors (Lipinski definition) is 1. The second-order valence-electron chi connectivity index (χ2n) is 8.78. The first kappa shape index (κ1) is 18.5. The Morgan fingerprint density at radius 3 is 2.61 bits per heavy atom. The zero-order valence-corrected chi connectivity index (χ0v) is 17.8. The molecule has 0 saturated carbocycles. The Bertz CT molecular complexity index is 900. The van der Waals surface area contributed by atoms with E-state index in [9.17, 15) is 0 Å². The molecule has 1 aromatic rings. The summed E-state index contributed by atoms with van der Waals surface area (Å²) in [5.41, 5.74) is 14.6. The molecule has 0 aromatic heterocycles. The van der Waals surface area contributed by atoms with Crippen LogP contribution in [0.2, 0.25) is 0 Å². The number of nitrogens with zero attached hydrogens (tertiary/aromatic N) is 2. The van der Waals surface area contributed by atoms with E-state index in [4.69, 9.17) is 12.0 Å². The summed E-state index contributed by atoms with van der Waals surface area (Å²) in [5, 5.41) is 0. The van der Waals surface area contributed by atoms with Gasteiger partial charge in [-0.1, -0.05) is 42.2 Å². The van der Waals surface area contributed by atoms with Crippen molar-refractivity contribution in [2.24, 2.45) is 0 Å². The minimum Gasteiger partial charge on any atom is -0.398 e. The van der Waals surface area contributed by atoms with E-state index in [0.29, 0.717) is 0 Å². The molecule has 2 aliphatic carbocycles. The van der Waals surface area contributed by atoms with Crippen molar-refractivity contribution in [2.45, 2.75) is 38.5 Å². The fourth-order valence-corrected chi connectivity index (χ4v) is 7.97. The van der Waals surface area contributed by atoms with Gasteiger partial charge in [-0.2, -0.15) is 0 Å². The van der Waals surface area contributed by atoms with Gasteiger partial charge in [0.15, 0.2) is 0 Å². The first-order valence-electron chi connectivity index (χ1n) is 10.8. The molecule has 0 spiro atoms. The van der Waals surface area contributed by atoms with Crippen LogP contribution in [0.3, 0.4) is 0 Å². The van der Waals surface area contributed by atoms with E-state index in [0.717, 1.165) is 24.9 Å². The molecular formula is C24H32N3P. The highest BCUT2D eigenvalue weighted by molar-refractivity contribution is 7.69. The standard InChI is InChI=1S/C24H32N3P/c1-28(26-11-12-26,27-13-14-27)15-10-19-8-9-24(25)23(16-19)18-20-4-2-5-21-6-3-7-22(21)17-20/h2,4,8-9,16-17H,1,3,5-7,10-15,18,25H2. The predicted molar refractivity (Wildman–Crippen MR) is 123 cm³/mol. The Morgan fingerprint density at radius 1 is 1.07 bits per heavy atom. The van der Waals surface area contributed by atoms with Gasteiger partial charge in [0.25, 0.3) is 0 Å². The summed E-state index contributed by atoms with van der Waals surface area (Å²) in [6.45, 7) is 5.00. The van der Waals surface area contributed by atoms with Crippen molar-refractivity contribution < 1.29 is 0 Å². The van der Waals surface area contributed by atoms with E-state index >= 15 is 0 Å². The molecule has 28 heavy (non-hydrogen) atoms. The summed E-state index contributed by atoms with van der Waals surface area (Å²) < 4.78 is 5.23. The number of anilines is 1. The van der Waals surface area contributed by atoms with E-state index in [-0.39, 0.29) is 0 Å². The monoisotopic (exact) mass is 393 g/mol. The van der Waals surface area contributed by atoms with Crippen LogP contribution in [0.5, 0.6) is 0 Å². The molecule has 0 radical (unpaired) electrons. The van der Waals surface area contributed by atoms with Crippen LogP contribution in [0.1, 0.15) is 36.8 Å². The summed E-state index contributed by atoms with van der Waals surface area (Å²) in [4.78, 5) is 0. The van der Waals surface area contributed by atoms with E-state index in [1.165, 1.54) is 68.3 Å². The highest BCUT2D eigenvalue weighted by Gasteiger charge is 2.40. The number of hydrogen-bond acceptors (Lipinski definition) is 3. The molecule has 4 aliphatic rings. The first-order chi connectivity index (χ1) is 13.6. The topological polar surface area (TPSA) is 32.0 Å². The normalized spacial score (nSPS) is 22.2. The van der Waals surface area contributed by atoms with Crippen molar-refractivity contribution in [3.8, 4) is 0 Å². The minimum atomic E-state index is -1.28. The molecule has 0 unspecified atom stereocenters. The summed E-state index contributed by atoms with van der Waals surface area (Å²) in [6, 6.07) is 6.69. The Kier molecular flexibility index (Phi) is 4.87. The van der Waals surface area contributed by atoms with Gasteiger partial charge >= 0.3 is 0 Å². The van der Waals surface area contributed by atoms with Gasteiger partial charge in [-0.15, -0.1) is 0 Å². The van der Waals surface area contributed by atoms with Crippen molar-refractivity contribution in [1.29, 1.82) is 0 Å². The molecule has 2 heterocycles.